The van der Waals surface area contributed by atoms with Crippen LogP contribution in [0, 0.1) is 11.6 Å². The van der Waals surface area contributed by atoms with Crippen LogP contribution in [0.5, 0.6) is 5.75 Å². The summed E-state index contributed by atoms with van der Waals surface area (Å²) in [6.45, 7) is 0.477. The average Bonchev–Trinajstić information content (AvgIpc) is 2.62. The lowest BCUT2D eigenvalue weighted by molar-refractivity contribution is -0.0200. The van der Waals surface area contributed by atoms with Crippen LogP contribution < -0.4 is 9.64 Å². The molecular formula is C20H22F2N2O3. The van der Waals surface area contributed by atoms with Crippen molar-refractivity contribution in [1.29, 1.82) is 0 Å². The molecule has 0 radical (unpaired) electrons. The molecule has 3 rings (SSSR count). The highest BCUT2D eigenvalue weighted by Crippen LogP contribution is 2.23. The van der Waals surface area contributed by atoms with Crippen LogP contribution in [0.3, 0.4) is 0 Å². The van der Waals surface area contributed by atoms with Crippen LogP contribution >= 0.6 is 0 Å². The Morgan fingerprint density at radius 2 is 1.78 bits per heavy atom. The van der Waals surface area contributed by atoms with E-state index in [1.54, 1.807) is 17.0 Å². The predicted molar refractivity (Wildman–Crippen MR) is 98.1 cm³/mol. The van der Waals surface area contributed by atoms with Crippen LogP contribution in [-0.4, -0.2) is 55.3 Å². The van der Waals surface area contributed by atoms with Crippen molar-refractivity contribution in [1.82, 2.24) is 4.90 Å². The van der Waals surface area contributed by atoms with E-state index in [0.717, 1.165) is 23.9 Å². The second-order valence-corrected chi connectivity index (χ2v) is 6.81. The van der Waals surface area contributed by atoms with Gasteiger partial charge in [0.2, 0.25) is 0 Å². The van der Waals surface area contributed by atoms with Crippen molar-refractivity contribution in [2.45, 2.75) is 18.6 Å². The van der Waals surface area contributed by atoms with E-state index in [1.165, 1.54) is 0 Å². The number of carbonyl (C=O) groups excluding carboxylic acids is 1. The van der Waals surface area contributed by atoms with Gasteiger partial charge in [-0.2, -0.15) is 0 Å². The molecule has 2 aromatic rings. The van der Waals surface area contributed by atoms with Crippen LogP contribution in [0.4, 0.5) is 14.5 Å². The van der Waals surface area contributed by atoms with Crippen molar-refractivity contribution in [2.75, 3.05) is 32.1 Å². The van der Waals surface area contributed by atoms with Gasteiger partial charge in [0.25, 0.3) is 5.91 Å². The molecule has 0 bridgehead atoms. The molecule has 1 saturated heterocycles. The van der Waals surface area contributed by atoms with Crippen molar-refractivity contribution in [2.24, 2.45) is 0 Å². The van der Waals surface area contributed by atoms with Crippen molar-refractivity contribution >= 4 is 11.6 Å². The number of aliphatic hydroxyl groups is 1. The van der Waals surface area contributed by atoms with E-state index in [9.17, 15) is 18.7 Å². The minimum Gasteiger partial charge on any atom is -0.487 e. The van der Waals surface area contributed by atoms with Gasteiger partial charge in [-0.05, 0) is 24.3 Å². The van der Waals surface area contributed by atoms with Gasteiger partial charge in [0.05, 0.1) is 6.54 Å². The zero-order valence-corrected chi connectivity index (χ0v) is 15.2. The molecule has 2 atom stereocenters. The fraction of sp³-hybridized carbons (Fsp3) is 0.350. The number of amides is 1. The number of carbonyl (C=O) groups is 1. The maximum absolute atomic E-state index is 13.3. The number of ether oxygens (including phenoxy) is 1. The summed E-state index contributed by atoms with van der Waals surface area (Å²) in [5.74, 6) is -1.63. The number of aliphatic hydroxyl groups excluding tert-OH is 1. The second-order valence-electron chi connectivity index (χ2n) is 6.81. The first-order valence-electron chi connectivity index (χ1n) is 8.71. The molecule has 1 aliphatic rings. The Hall–Kier alpha value is -2.67. The van der Waals surface area contributed by atoms with E-state index in [0.29, 0.717) is 18.5 Å². The molecule has 0 aliphatic carbocycles. The zero-order valence-electron chi connectivity index (χ0n) is 15.2. The van der Waals surface area contributed by atoms with E-state index in [2.05, 4.69) is 0 Å². The van der Waals surface area contributed by atoms with E-state index in [4.69, 9.17) is 4.74 Å². The minimum absolute atomic E-state index is 0.0237. The number of benzene rings is 2. The number of halogens is 2. The van der Waals surface area contributed by atoms with Gasteiger partial charge in [-0.15, -0.1) is 0 Å². The lowest BCUT2D eigenvalue weighted by Crippen LogP contribution is -2.51. The molecule has 27 heavy (non-hydrogen) atoms. The molecule has 0 unspecified atom stereocenters. The quantitative estimate of drug-likeness (QED) is 0.892. The van der Waals surface area contributed by atoms with Gasteiger partial charge in [0, 0.05) is 56.5 Å². The summed E-state index contributed by atoms with van der Waals surface area (Å²) < 4.78 is 32.1. The van der Waals surface area contributed by atoms with Gasteiger partial charge in [-0.1, -0.05) is 0 Å². The van der Waals surface area contributed by atoms with Crippen LogP contribution in [0.1, 0.15) is 16.8 Å². The Kier molecular flexibility index (Phi) is 5.60. The van der Waals surface area contributed by atoms with Crippen LogP contribution in [0.15, 0.2) is 42.5 Å². The monoisotopic (exact) mass is 376 g/mol. The summed E-state index contributed by atoms with van der Waals surface area (Å²) in [5, 5.41) is 10.3. The number of rotatable bonds is 4. The average molecular weight is 376 g/mol. The van der Waals surface area contributed by atoms with Crippen molar-refractivity contribution in [3.05, 3.63) is 59.7 Å². The molecule has 144 valence electrons. The minimum atomic E-state index is -0.949. The Balaban J connectivity index is 1.62. The molecule has 1 N–H and O–H groups in total. The third kappa shape index (κ3) is 4.54. The maximum atomic E-state index is 13.3. The molecule has 1 amide bonds. The SMILES string of the molecule is CN(C)c1ccc(C(=O)N2CC[C@@H](Oc3cc(F)cc(F)c3)[C@H](O)C2)cc1. The van der Waals surface area contributed by atoms with Gasteiger partial charge < -0.3 is 19.6 Å². The molecule has 2 aromatic carbocycles. The summed E-state index contributed by atoms with van der Waals surface area (Å²) in [5.41, 5.74) is 1.53. The molecule has 1 fully saturated rings. The molecule has 0 aromatic heterocycles. The highest BCUT2D eigenvalue weighted by Gasteiger charge is 2.32. The maximum Gasteiger partial charge on any atom is 0.253 e. The Morgan fingerprint density at radius 1 is 1.15 bits per heavy atom. The predicted octanol–water partition coefficient (Wildman–Crippen LogP) is 2.69. The molecule has 0 saturated carbocycles. The number of β-amino-alcohol motifs (C(OH)–C–C–N with tert-alkyl or cyclic N) is 1. The number of nitrogens with zero attached hydrogens (tertiary/aromatic N) is 2. The molecule has 7 heteroatoms. The first-order chi connectivity index (χ1) is 12.8. The Labute approximate surface area is 156 Å². The Morgan fingerprint density at radius 3 is 2.33 bits per heavy atom. The molecule has 1 heterocycles. The number of hydrogen-bond donors (Lipinski definition) is 1. The zero-order chi connectivity index (χ0) is 19.6. The highest BCUT2D eigenvalue weighted by molar-refractivity contribution is 5.94. The first kappa shape index (κ1) is 19.1. The van der Waals surface area contributed by atoms with E-state index < -0.39 is 23.8 Å². The lowest BCUT2D eigenvalue weighted by Gasteiger charge is -2.36. The fourth-order valence-corrected chi connectivity index (χ4v) is 3.09. The van der Waals surface area contributed by atoms with Crippen molar-refractivity contribution < 1.29 is 23.4 Å². The summed E-state index contributed by atoms with van der Waals surface area (Å²) in [4.78, 5) is 16.1. The molecule has 0 spiro atoms. The summed E-state index contributed by atoms with van der Waals surface area (Å²) in [7, 11) is 3.84. The third-order valence-corrected chi connectivity index (χ3v) is 4.56. The highest BCUT2D eigenvalue weighted by atomic mass is 19.1. The lowest BCUT2D eigenvalue weighted by atomic mass is 10.0. The van der Waals surface area contributed by atoms with Gasteiger partial charge >= 0.3 is 0 Å². The van der Waals surface area contributed by atoms with Crippen molar-refractivity contribution in [3.8, 4) is 5.75 Å². The van der Waals surface area contributed by atoms with E-state index >= 15 is 0 Å². The number of piperidine rings is 1. The second kappa shape index (κ2) is 7.92. The number of likely N-dealkylation sites (tertiary alicyclic amines) is 1. The van der Waals surface area contributed by atoms with Crippen LogP contribution in [-0.2, 0) is 0 Å². The summed E-state index contributed by atoms with van der Waals surface area (Å²) in [6, 6.07) is 10.1. The fourth-order valence-electron chi connectivity index (χ4n) is 3.09. The van der Waals surface area contributed by atoms with Crippen LogP contribution in [0.2, 0.25) is 0 Å². The number of hydrogen-bond acceptors (Lipinski definition) is 4. The third-order valence-electron chi connectivity index (χ3n) is 4.56. The van der Waals surface area contributed by atoms with E-state index in [-0.39, 0.29) is 18.2 Å². The molecular weight excluding hydrogens is 354 g/mol. The molecule has 5 nitrogen and oxygen atoms in total. The topological polar surface area (TPSA) is 53.0 Å². The first-order valence-corrected chi connectivity index (χ1v) is 8.71. The molecule has 1 aliphatic heterocycles. The summed E-state index contributed by atoms with van der Waals surface area (Å²) >= 11 is 0. The van der Waals surface area contributed by atoms with Crippen molar-refractivity contribution in [3.63, 3.8) is 0 Å². The van der Waals surface area contributed by atoms with Gasteiger partial charge in [0.1, 0.15) is 29.6 Å². The standard InChI is InChI=1S/C20H22F2N2O3/c1-23(2)16-5-3-13(4-6-16)20(26)24-8-7-19(18(25)12-24)27-17-10-14(21)9-15(22)11-17/h3-6,9-11,18-19,25H,7-8,12H2,1-2H3/t18-,19-/m1/s1. The van der Waals surface area contributed by atoms with E-state index in [1.807, 2.05) is 31.1 Å². The van der Waals surface area contributed by atoms with Crippen LogP contribution in [0.25, 0.3) is 0 Å². The summed E-state index contributed by atoms with van der Waals surface area (Å²) in [6.07, 6.45) is -1.22. The smallest absolute Gasteiger partial charge is 0.253 e. The largest absolute Gasteiger partial charge is 0.487 e. The van der Waals surface area contributed by atoms with Gasteiger partial charge in [0.15, 0.2) is 0 Å². The normalized spacial score (nSPS) is 19.7. The van der Waals surface area contributed by atoms with Gasteiger partial charge in [-0.3, -0.25) is 4.79 Å². The number of anilines is 1. The Bertz CT molecular complexity index is 791. The van der Waals surface area contributed by atoms with Gasteiger partial charge in [-0.25, -0.2) is 8.78 Å².